The number of aromatic nitrogens is 2. The number of nitrogens with one attached hydrogen (secondary N) is 1. The Morgan fingerprint density at radius 1 is 0.974 bits per heavy atom. The summed E-state index contributed by atoms with van der Waals surface area (Å²) < 4.78 is 17.3. The van der Waals surface area contributed by atoms with Crippen LogP contribution in [-0.2, 0) is 6.42 Å². The van der Waals surface area contributed by atoms with E-state index in [1.54, 1.807) is 56.8 Å². The molecule has 1 N–H and O–H groups in total. The van der Waals surface area contributed by atoms with Crippen LogP contribution in [-0.4, -0.2) is 41.5 Å². The number of fused-ring (bicyclic) bond motifs is 3. The first-order valence-corrected chi connectivity index (χ1v) is 13.0. The average Bonchev–Trinajstić information content (AvgIpc) is 3.35. The summed E-state index contributed by atoms with van der Waals surface area (Å²) >= 11 is 6.03. The van der Waals surface area contributed by atoms with E-state index in [1.807, 2.05) is 47.4 Å². The monoisotopic (exact) mass is 539 g/mol. The first kappa shape index (κ1) is 24.8. The Morgan fingerprint density at radius 2 is 1.77 bits per heavy atom. The minimum atomic E-state index is -0.417. The summed E-state index contributed by atoms with van der Waals surface area (Å²) in [5.74, 6) is 2.07. The molecule has 8 heteroatoms. The molecule has 0 saturated heterocycles. The van der Waals surface area contributed by atoms with Crippen molar-refractivity contribution in [2.75, 3.05) is 20.8 Å². The maximum atomic E-state index is 14.3. The van der Waals surface area contributed by atoms with Gasteiger partial charge in [0.1, 0.15) is 28.9 Å². The molecule has 0 spiro atoms. The van der Waals surface area contributed by atoms with Crippen molar-refractivity contribution in [1.82, 2.24) is 14.9 Å². The van der Waals surface area contributed by atoms with E-state index in [0.717, 1.165) is 33.5 Å². The van der Waals surface area contributed by atoms with Crippen LogP contribution in [0.15, 0.2) is 85.1 Å². The number of carbonyl (C=O) groups excluding carboxylic acids is 1. The van der Waals surface area contributed by atoms with Crippen LogP contribution in [0.3, 0.4) is 0 Å². The van der Waals surface area contributed by atoms with Crippen LogP contribution < -0.4 is 14.2 Å². The van der Waals surface area contributed by atoms with Crippen LogP contribution in [0.2, 0.25) is 5.02 Å². The molecule has 2 aromatic heterocycles. The Hall–Kier alpha value is -4.49. The molecule has 196 valence electrons. The molecule has 5 aromatic rings. The number of nitrogens with zero attached hydrogens (tertiary/aromatic N) is 2. The largest absolute Gasteiger partial charge is 0.497 e. The molecule has 1 aliphatic heterocycles. The van der Waals surface area contributed by atoms with Gasteiger partial charge in [-0.05, 0) is 72.6 Å². The molecule has 0 aliphatic carbocycles. The lowest BCUT2D eigenvalue weighted by atomic mass is 9.91. The van der Waals surface area contributed by atoms with Gasteiger partial charge in [-0.3, -0.25) is 4.79 Å². The molecule has 3 heterocycles. The third-order valence-electron chi connectivity index (χ3n) is 7.06. The fourth-order valence-electron chi connectivity index (χ4n) is 5.23. The highest BCUT2D eigenvalue weighted by Gasteiger charge is 2.37. The van der Waals surface area contributed by atoms with Crippen molar-refractivity contribution in [3.05, 3.63) is 112 Å². The van der Waals surface area contributed by atoms with E-state index < -0.39 is 6.04 Å². The Balaban J connectivity index is 1.46. The van der Waals surface area contributed by atoms with Crippen LogP contribution >= 0.6 is 11.6 Å². The standard InChI is InChI=1S/C31H26ClN3O4/c1-37-21-13-14-26-25(18-21)22-15-17-35(29(28(22)34-26)23-6-3-4-8-27(23)38-2)31(36)24-7-5-16-33-30(24)39-20-11-9-19(32)10-12-20/h3-14,16,18,29,34H,15,17H2,1-2H3. The summed E-state index contributed by atoms with van der Waals surface area (Å²) in [4.78, 5) is 24.1. The second-order valence-corrected chi connectivity index (χ2v) is 9.67. The van der Waals surface area contributed by atoms with Gasteiger partial charge in [0.15, 0.2) is 0 Å². The molecule has 3 aromatic carbocycles. The Kier molecular flexibility index (Phi) is 6.59. The number of halogens is 1. The van der Waals surface area contributed by atoms with Crippen molar-refractivity contribution >= 4 is 28.4 Å². The van der Waals surface area contributed by atoms with Crippen LogP contribution in [0.5, 0.6) is 23.1 Å². The van der Waals surface area contributed by atoms with Gasteiger partial charge in [-0.15, -0.1) is 0 Å². The first-order valence-electron chi connectivity index (χ1n) is 12.6. The number of carbonyl (C=O) groups is 1. The van der Waals surface area contributed by atoms with Crippen LogP contribution in [0.25, 0.3) is 10.9 Å². The molecule has 1 unspecified atom stereocenters. The lowest BCUT2D eigenvalue weighted by Gasteiger charge is -2.37. The van der Waals surface area contributed by atoms with Gasteiger partial charge in [-0.25, -0.2) is 4.98 Å². The second kappa shape index (κ2) is 10.3. The molecule has 0 saturated carbocycles. The number of hydrogen-bond donors (Lipinski definition) is 1. The molecule has 1 aliphatic rings. The number of pyridine rings is 1. The number of H-pyrrole nitrogens is 1. The fraction of sp³-hybridized carbons (Fsp3) is 0.161. The number of methoxy groups -OCH3 is 2. The SMILES string of the molecule is COc1ccc2[nH]c3c(c2c1)CCN(C(=O)c1cccnc1Oc1ccc(Cl)cc1)C3c1ccccc1OC. The van der Waals surface area contributed by atoms with Gasteiger partial charge < -0.3 is 24.1 Å². The van der Waals surface area contributed by atoms with Crippen molar-refractivity contribution in [3.8, 4) is 23.1 Å². The normalized spacial score (nSPS) is 14.6. The van der Waals surface area contributed by atoms with E-state index in [1.165, 1.54) is 0 Å². The number of benzene rings is 3. The quantitative estimate of drug-likeness (QED) is 0.256. The topological polar surface area (TPSA) is 76.7 Å². The van der Waals surface area contributed by atoms with E-state index in [-0.39, 0.29) is 11.8 Å². The van der Waals surface area contributed by atoms with Gasteiger partial charge in [-0.1, -0.05) is 29.8 Å². The summed E-state index contributed by atoms with van der Waals surface area (Å²) in [5.41, 5.74) is 4.35. The first-order chi connectivity index (χ1) is 19.1. The van der Waals surface area contributed by atoms with Gasteiger partial charge in [-0.2, -0.15) is 0 Å². The number of para-hydroxylation sites is 1. The molecule has 39 heavy (non-hydrogen) atoms. The third kappa shape index (κ3) is 4.55. The van der Waals surface area contributed by atoms with Gasteiger partial charge in [0, 0.05) is 39.9 Å². The van der Waals surface area contributed by atoms with Crippen LogP contribution in [0.4, 0.5) is 0 Å². The Bertz CT molecular complexity index is 1660. The highest BCUT2D eigenvalue weighted by atomic mass is 35.5. The second-order valence-electron chi connectivity index (χ2n) is 9.23. The maximum absolute atomic E-state index is 14.3. The van der Waals surface area contributed by atoms with Crippen LogP contribution in [0.1, 0.15) is 33.2 Å². The summed E-state index contributed by atoms with van der Waals surface area (Å²) in [6.45, 7) is 0.494. The van der Waals surface area contributed by atoms with Gasteiger partial charge in [0.25, 0.3) is 5.91 Å². The average molecular weight is 540 g/mol. The Labute approximate surface area is 230 Å². The van der Waals surface area contributed by atoms with E-state index in [2.05, 4.69) is 9.97 Å². The minimum absolute atomic E-state index is 0.190. The molecule has 7 nitrogen and oxygen atoms in total. The zero-order valence-corrected chi connectivity index (χ0v) is 22.2. The zero-order valence-electron chi connectivity index (χ0n) is 21.5. The summed E-state index contributed by atoms with van der Waals surface area (Å²) in [6.07, 6.45) is 2.28. The van der Waals surface area contributed by atoms with Crippen LogP contribution in [0, 0.1) is 0 Å². The van der Waals surface area contributed by atoms with Crippen molar-refractivity contribution < 1.29 is 19.0 Å². The number of ether oxygens (including phenoxy) is 3. The molecule has 0 radical (unpaired) electrons. The molecule has 0 bridgehead atoms. The van der Waals surface area contributed by atoms with Gasteiger partial charge in [0.05, 0.1) is 14.2 Å². The van der Waals surface area contributed by atoms with Gasteiger partial charge in [0.2, 0.25) is 5.88 Å². The predicted octanol–water partition coefficient (Wildman–Crippen LogP) is 6.81. The van der Waals surface area contributed by atoms with E-state index in [0.29, 0.717) is 35.1 Å². The molecule has 1 atom stereocenters. The molecule has 0 fully saturated rings. The number of rotatable bonds is 6. The lowest BCUT2D eigenvalue weighted by molar-refractivity contribution is 0.0686. The smallest absolute Gasteiger partial charge is 0.260 e. The highest BCUT2D eigenvalue weighted by molar-refractivity contribution is 6.30. The number of amides is 1. The lowest BCUT2D eigenvalue weighted by Crippen LogP contribution is -2.41. The van der Waals surface area contributed by atoms with Crippen molar-refractivity contribution in [2.24, 2.45) is 0 Å². The Morgan fingerprint density at radius 3 is 2.56 bits per heavy atom. The van der Waals surface area contributed by atoms with E-state index in [9.17, 15) is 4.79 Å². The third-order valence-corrected chi connectivity index (χ3v) is 7.31. The molecular weight excluding hydrogens is 514 g/mol. The van der Waals surface area contributed by atoms with Crippen molar-refractivity contribution in [2.45, 2.75) is 12.5 Å². The number of aromatic amines is 1. The highest BCUT2D eigenvalue weighted by Crippen LogP contribution is 2.43. The fourth-order valence-corrected chi connectivity index (χ4v) is 5.36. The number of hydrogen-bond acceptors (Lipinski definition) is 5. The molecule has 1 amide bonds. The van der Waals surface area contributed by atoms with E-state index >= 15 is 0 Å². The molecular formula is C31H26ClN3O4. The zero-order chi connectivity index (χ0) is 26.9. The predicted molar refractivity (Wildman–Crippen MR) is 150 cm³/mol. The summed E-state index contributed by atoms with van der Waals surface area (Å²) in [5, 5.41) is 1.68. The van der Waals surface area contributed by atoms with Crippen molar-refractivity contribution in [1.29, 1.82) is 0 Å². The van der Waals surface area contributed by atoms with Crippen molar-refractivity contribution in [3.63, 3.8) is 0 Å². The van der Waals surface area contributed by atoms with E-state index in [4.69, 9.17) is 25.8 Å². The maximum Gasteiger partial charge on any atom is 0.260 e. The molecule has 6 rings (SSSR count). The summed E-state index contributed by atoms with van der Waals surface area (Å²) in [6, 6.07) is 23.8. The minimum Gasteiger partial charge on any atom is -0.497 e. The summed E-state index contributed by atoms with van der Waals surface area (Å²) in [7, 11) is 3.31. The van der Waals surface area contributed by atoms with Gasteiger partial charge >= 0.3 is 0 Å².